The van der Waals surface area contributed by atoms with Gasteiger partial charge in [-0.15, -0.1) is 0 Å². The van der Waals surface area contributed by atoms with Gasteiger partial charge in [-0.25, -0.2) is 0 Å². The molecule has 4 atom stereocenters. The number of rotatable bonds is 9. The Morgan fingerprint density at radius 3 is 2.36 bits per heavy atom. The summed E-state index contributed by atoms with van der Waals surface area (Å²) >= 11 is 0. The van der Waals surface area contributed by atoms with E-state index in [-0.39, 0.29) is 42.4 Å². The van der Waals surface area contributed by atoms with E-state index in [2.05, 4.69) is 53.8 Å². The first kappa shape index (κ1) is 22.5. The van der Waals surface area contributed by atoms with Gasteiger partial charge in [0.1, 0.15) is 0 Å². The van der Waals surface area contributed by atoms with Gasteiger partial charge in [-0.05, 0) is 35.5 Å². The molecule has 3 heteroatoms. The maximum absolute atomic E-state index is 12.1. The fourth-order valence-corrected chi connectivity index (χ4v) is 3.44. The van der Waals surface area contributed by atoms with Gasteiger partial charge in [0.2, 0.25) is 5.91 Å². The Morgan fingerprint density at radius 2 is 1.91 bits per heavy atom. The summed E-state index contributed by atoms with van der Waals surface area (Å²) < 4.78 is 0. The van der Waals surface area contributed by atoms with Crippen molar-refractivity contribution in [3.05, 3.63) is 6.92 Å². The van der Waals surface area contributed by atoms with E-state index in [9.17, 15) is 4.79 Å². The van der Waals surface area contributed by atoms with Crippen molar-refractivity contribution in [3.63, 3.8) is 0 Å². The van der Waals surface area contributed by atoms with E-state index in [4.69, 9.17) is 0 Å². The molecule has 0 heterocycles. The van der Waals surface area contributed by atoms with Gasteiger partial charge >= 0.3 is 0 Å². The van der Waals surface area contributed by atoms with E-state index in [1.54, 1.807) is 0 Å². The molecule has 0 radical (unpaired) electrons. The maximum Gasteiger partial charge on any atom is 0.220 e. The first-order chi connectivity index (χ1) is 9.54. The molecule has 1 rings (SSSR count). The van der Waals surface area contributed by atoms with E-state index in [0.717, 1.165) is 25.3 Å². The molecule has 128 valence electrons. The van der Waals surface area contributed by atoms with Gasteiger partial charge < -0.3 is 12.2 Å². The van der Waals surface area contributed by atoms with Crippen LogP contribution in [0.4, 0.5) is 0 Å². The molecule has 1 N–H and O–H groups in total. The zero-order valence-corrected chi connectivity index (χ0v) is 19.8. The second-order valence-electron chi connectivity index (χ2n) is 8.87. The van der Waals surface area contributed by atoms with Crippen LogP contribution >= 0.6 is 0 Å². The molecule has 1 saturated carbocycles. The van der Waals surface area contributed by atoms with Crippen molar-refractivity contribution in [2.45, 2.75) is 73.6 Å². The van der Waals surface area contributed by atoms with Gasteiger partial charge in [-0.2, -0.15) is 5.92 Å². The van der Waals surface area contributed by atoms with Crippen molar-refractivity contribution in [1.82, 2.24) is 5.32 Å². The second-order valence-corrected chi connectivity index (χ2v) is 8.87. The molecule has 22 heavy (non-hydrogen) atoms. The fraction of sp³-hybridized carbons (Fsp3) is 0.895. The molecule has 0 saturated heterocycles. The Bertz CT molecular complexity index is 353. The summed E-state index contributed by atoms with van der Waals surface area (Å²) in [5.41, 5.74) is 0.700. The van der Waals surface area contributed by atoms with Gasteiger partial charge in [-0.1, -0.05) is 54.4 Å². The van der Waals surface area contributed by atoms with Gasteiger partial charge in [0.15, 0.2) is 0 Å². The first-order valence-corrected chi connectivity index (χ1v) is 8.64. The number of hydrogen-bond donors (Lipinski definition) is 1. The molecule has 2 nitrogen and oxygen atoms in total. The Balaban J connectivity index is 0.00000441. The minimum absolute atomic E-state index is 0. The number of carbonyl (C=O) groups is 1. The van der Waals surface area contributed by atoms with Crippen LogP contribution in [0.15, 0.2) is 0 Å². The third kappa shape index (κ3) is 8.40. The summed E-state index contributed by atoms with van der Waals surface area (Å²) in [4.78, 5) is 12.1. The zero-order valence-electron chi connectivity index (χ0n) is 15.6. The molecule has 0 aromatic rings. The molecule has 1 amide bonds. The molecule has 4 unspecified atom stereocenters. The fourth-order valence-electron chi connectivity index (χ4n) is 3.44. The van der Waals surface area contributed by atoms with E-state index in [1.165, 1.54) is 12.8 Å². The predicted molar refractivity (Wildman–Crippen MR) is 90.8 cm³/mol. The number of nitrogens with one attached hydrogen (secondary N) is 1. The van der Waals surface area contributed by atoms with E-state index < -0.39 is 0 Å². The maximum atomic E-state index is 12.1. The van der Waals surface area contributed by atoms with Crippen molar-refractivity contribution in [2.75, 3.05) is 6.54 Å². The van der Waals surface area contributed by atoms with Crippen LogP contribution in [-0.4, -0.2) is 12.5 Å². The minimum Gasteiger partial charge on any atom is -0.356 e. The van der Waals surface area contributed by atoms with E-state index in [1.807, 2.05) is 0 Å². The Hall–Kier alpha value is 0.522. The average molecular weight is 533 g/mol. The van der Waals surface area contributed by atoms with Crippen LogP contribution in [-0.2, 0) is 4.79 Å². The van der Waals surface area contributed by atoms with Gasteiger partial charge in [0, 0.05) is 44.1 Å². The second kappa shape index (κ2) is 9.12. The van der Waals surface area contributed by atoms with Crippen LogP contribution in [0.2, 0.25) is 0 Å². The predicted octanol–water partition coefficient (Wildman–Crippen LogP) is 4.84. The number of amides is 1. The van der Waals surface area contributed by atoms with Gasteiger partial charge in [0.25, 0.3) is 0 Å². The van der Waals surface area contributed by atoms with Crippen LogP contribution in [0.5, 0.6) is 0 Å². The summed E-state index contributed by atoms with van der Waals surface area (Å²) in [7, 11) is 0. The minimum atomic E-state index is 0. The van der Waals surface area contributed by atoms with Gasteiger partial charge in [0.05, 0.1) is 0 Å². The molecule has 0 aromatic heterocycles. The molecule has 0 aromatic carbocycles. The third-order valence-corrected chi connectivity index (χ3v) is 5.13. The number of carbonyl (C=O) groups excluding carboxylic acids is 1. The molecular weight excluding hydrogens is 496 g/mol. The van der Waals surface area contributed by atoms with E-state index >= 15 is 0 Å². The van der Waals surface area contributed by atoms with Crippen molar-refractivity contribution in [2.24, 2.45) is 28.6 Å². The third-order valence-electron chi connectivity index (χ3n) is 5.13. The first-order valence-electron chi connectivity index (χ1n) is 8.64. The standard InChI is InChI=1S/C19H36NO.U/c1-14(2)8-9-15(3)10-17(21)20-13-18(5,6)12-19(7)11-16(19)4;/h14-16H,1,8-13H2,2-7H3,(H,20,21);/q-1;. The van der Waals surface area contributed by atoms with Crippen molar-refractivity contribution in [1.29, 1.82) is 0 Å². The van der Waals surface area contributed by atoms with Crippen LogP contribution in [0.25, 0.3) is 0 Å². The smallest absolute Gasteiger partial charge is 0.220 e. The van der Waals surface area contributed by atoms with Crippen LogP contribution < -0.4 is 5.32 Å². The Morgan fingerprint density at radius 1 is 1.36 bits per heavy atom. The molecule has 1 aliphatic rings. The van der Waals surface area contributed by atoms with Gasteiger partial charge in [-0.3, -0.25) is 4.79 Å². The Kier molecular flexibility index (Phi) is 9.34. The summed E-state index contributed by atoms with van der Waals surface area (Å²) in [5.74, 6) is 1.99. The average Bonchev–Trinajstić information content (AvgIpc) is 2.90. The Labute approximate surface area is 162 Å². The quantitative estimate of drug-likeness (QED) is 0.423. The summed E-state index contributed by atoms with van der Waals surface area (Å²) in [6.07, 6.45) is 5.39. The summed E-state index contributed by atoms with van der Waals surface area (Å²) in [6.45, 7) is 18.4. The van der Waals surface area contributed by atoms with E-state index in [0.29, 0.717) is 23.7 Å². The van der Waals surface area contributed by atoms with Crippen LogP contribution in [0.1, 0.15) is 73.6 Å². The zero-order chi connectivity index (χ0) is 16.3. The van der Waals surface area contributed by atoms with Crippen molar-refractivity contribution < 1.29 is 35.9 Å². The van der Waals surface area contributed by atoms with Crippen LogP contribution in [0.3, 0.4) is 0 Å². The monoisotopic (exact) mass is 532 g/mol. The SMILES string of the molecule is [CH2-]C(C)CCC(C)CC(=O)NCC(C)(C)CC1(C)CC1C.[U]. The van der Waals surface area contributed by atoms with Crippen molar-refractivity contribution in [3.8, 4) is 0 Å². The van der Waals surface area contributed by atoms with Crippen LogP contribution in [0, 0.1) is 66.6 Å². The molecule has 0 aliphatic heterocycles. The summed E-state index contributed by atoms with van der Waals surface area (Å²) in [5, 5.41) is 3.15. The number of hydrogen-bond acceptors (Lipinski definition) is 1. The molecular formula is C19H36NOU-. The molecule has 1 fully saturated rings. The molecule has 0 spiro atoms. The van der Waals surface area contributed by atoms with Crippen molar-refractivity contribution >= 4 is 5.91 Å². The molecule has 1 aliphatic carbocycles. The summed E-state index contributed by atoms with van der Waals surface area (Å²) in [6, 6.07) is 0. The molecule has 0 bridgehead atoms. The topological polar surface area (TPSA) is 29.1 Å². The normalized spacial score (nSPS) is 26.8. The largest absolute Gasteiger partial charge is 0.356 e.